The highest BCUT2D eigenvalue weighted by atomic mass is 127. The van der Waals surface area contributed by atoms with Gasteiger partial charge in [0.1, 0.15) is 11.3 Å². The van der Waals surface area contributed by atoms with Crippen molar-refractivity contribution in [1.29, 1.82) is 0 Å². The van der Waals surface area contributed by atoms with Gasteiger partial charge in [0.25, 0.3) is 5.56 Å². The van der Waals surface area contributed by atoms with E-state index in [1.54, 1.807) is 29.5 Å². The summed E-state index contributed by atoms with van der Waals surface area (Å²) in [4.78, 5) is 29.0. The molecule has 1 N–H and O–H groups in total. The van der Waals surface area contributed by atoms with Crippen LogP contribution in [0.3, 0.4) is 0 Å². The van der Waals surface area contributed by atoms with Crippen molar-refractivity contribution in [3.05, 3.63) is 104 Å². The molecule has 5 rings (SSSR count). The number of aromatic nitrogens is 2. The molecular weight excluding hydrogens is 515 g/mol. The van der Waals surface area contributed by atoms with E-state index in [-0.39, 0.29) is 11.3 Å². The molecule has 0 atom stereocenters. The molecule has 7 heteroatoms. The summed E-state index contributed by atoms with van der Waals surface area (Å²) in [5, 5.41) is 10.2. The van der Waals surface area contributed by atoms with Gasteiger partial charge in [0.15, 0.2) is 5.78 Å². The fraction of sp³-hybridized carbons (Fsp3) is 0.0400. The van der Waals surface area contributed by atoms with E-state index in [0.717, 1.165) is 20.0 Å². The number of fused-ring (bicyclic) bond motifs is 4. The molecule has 0 aliphatic carbocycles. The average Bonchev–Trinajstić information content (AvgIpc) is 3.11. The van der Waals surface area contributed by atoms with Gasteiger partial charge in [-0.05, 0) is 59.8 Å². The zero-order valence-electron chi connectivity index (χ0n) is 17.0. The Balaban J connectivity index is 1.69. The Hall–Kier alpha value is -3.59. The number of nitrogens with zero attached hydrogens (tertiary/aromatic N) is 3. The zero-order valence-corrected chi connectivity index (χ0v) is 19.2. The van der Waals surface area contributed by atoms with E-state index < -0.39 is 0 Å². The summed E-state index contributed by atoms with van der Waals surface area (Å²) in [6, 6.07) is 22.2. The van der Waals surface area contributed by atoms with Gasteiger partial charge in [0.05, 0.1) is 22.1 Å². The zero-order chi connectivity index (χ0) is 22.2. The molecule has 0 amide bonds. The van der Waals surface area contributed by atoms with E-state index in [2.05, 4.69) is 37.8 Å². The minimum Gasteiger partial charge on any atom is -0.339 e. The number of ketones is 1. The highest BCUT2D eigenvalue weighted by Gasteiger charge is 2.16. The number of hydrogen-bond donors (Lipinski definition) is 1. The van der Waals surface area contributed by atoms with Crippen LogP contribution in [0, 0.1) is 3.57 Å². The quantitative estimate of drug-likeness (QED) is 0.126. The minimum atomic E-state index is -0.136. The number of nitrogens with one attached hydrogen (secondary N) is 1. The average molecular weight is 532 g/mol. The normalized spacial score (nSPS) is 12.4. The van der Waals surface area contributed by atoms with Crippen LogP contribution in [0.5, 0.6) is 0 Å². The molecule has 156 valence electrons. The lowest BCUT2D eigenvalue weighted by molar-refractivity contribution is 0.104. The molecule has 0 fully saturated rings. The molecule has 6 nitrogen and oxygen atoms in total. The number of hydrogen-bond acceptors (Lipinski definition) is 4. The Labute approximate surface area is 196 Å². The highest BCUT2D eigenvalue weighted by Crippen LogP contribution is 2.34. The molecule has 0 spiro atoms. The lowest BCUT2D eigenvalue weighted by Crippen LogP contribution is -2.13. The number of H-pyrrole nitrogens is 1. The maximum absolute atomic E-state index is 13.3. The summed E-state index contributed by atoms with van der Waals surface area (Å²) in [7, 11) is 0. The van der Waals surface area contributed by atoms with Crippen molar-refractivity contribution in [3.8, 4) is 0 Å². The van der Waals surface area contributed by atoms with E-state index in [1.807, 2.05) is 54.6 Å². The van der Waals surface area contributed by atoms with Crippen LogP contribution in [0.15, 0.2) is 99.6 Å². The molecule has 32 heavy (non-hydrogen) atoms. The summed E-state index contributed by atoms with van der Waals surface area (Å²) in [6.07, 6.45) is 1.46. The van der Waals surface area contributed by atoms with E-state index in [1.165, 1.54) is 6.08 Å². The van der Waals surface area contributed by atoms with Crippen molar-refractivity contribution in [2.45, 2.75) is 6.92 Å². The number of allylic oxidation sites excluding steroid dienone is 2. The van der Waals surface area contributed by atoms with Gasteiger partial charge in [-0.15, -0.1) is 5.11 Å². The Kier molecular flexibility index (Phi) is 5.18. The SMILES string of the molecule is C/C(=C/C(=O)c1ccccc1)N=Nc1c2cc(I)ccc2n2c(=O)c3ccccc3[nH]c12. The van der Waals surface area contributed by atoms with Crippen LogP contribution in [0.2, 0.25) is 0 Å². The number of azo groups is 1. The van der Waals surface area contributed by atoms with E-state index in [4.69, 9.17) is 0 Å². The molecular formula is C25H17IN4O2. The van der Waals surface area contributed by atoms with Crippen molar-refractivity contribution in [3.63, 3.8) is 0 Å². The fourth-order valence-electron chi connectivity index (χ4n) is 3.73. The summed E-state index contributed by atoms with van der Waals surface area (Å²) in [5.74, 6) is -0.136. The monoisotopic (exact) mass is 532 g/mol. The molecule has 5 aromatic rings. The topological polar surface area (TPSA) is 79.1 Å². The maximum Gasteiger partial charge on any atom is 0.266 e. The second-order valence-corrected chi connectivity index (χ2v) is 8.63. The largest absolute Gasteiger partial charge is 0.339 e. The summed E-state index contributed by atoms with van der Waals surface area (Å²) >= 11 is 2.23. The molecule has 0 unspecified atom stereocenters. The fourth-order valence-corrected chi connectivity index (χ4v) is 4.23. The molecule has 0 radical (unpaired) electrons. The van der Waals surface area contributed by atoms with E-state index in [9.17, 15) is 9.59 Å². The second kappa shape index (κ2) is 8.16. The van der Waals surface area contributed by atoms with Gasteiger partial charge < -0.3 is 4.98 Å². The third-order valence-electron chi connectivity index (χ3n) is 5.22. The number of aromatic amines is 1. The number of para-hydroxylation sites is 1. The predicted molar refractivity (Wildman–Crippen MR) is 135 cm³/mol. The number of carbonyl (C=O) groups is 1. The Morgan fingerprint density at radius 1 is 1.00 bits per heavy atom. The van der Waals surface area contributed by atoms with Crippen LogP contribution in [-0.2, 0) is 0 Å². The first kappa shape index (κ1) is 20.3. The molecule has 0 saturated heterocycles. The first-order chi connectivity index (χ1) is 15.5. The van der Waals surface area contributed by atoms with Gasteiger partial charge in [0.2, 0.25) is 0 Å². The number of benzene rings is 3. The minimum absolute atomic E-state index is 0.117. The number of halogens is 1. The highest BCUT2D eigenvalue weighted by molar-refractivity contribution is 14.1. The third-order valence-corrected chi connectivity index (χ3v) is 5.89. The van der Waals surface area contributed by atoms with Crippen LogP contribution in [-0.4, -0.2) is 15.2 Å². The van der Waals surface area contributed by atoms with Crippen molar-refractivity contribution in [1.82, 2.24) is 9.38 Å². The van der Waals surface area contributed by atoms with E-state index >= 15 is 0 Å². The molecule has 2 aromatic heterocycles. The van der Waals surface area contributed by atoms with Gasteiger partial charge in [0, 0.05) is 20.6 Å². The van der Waals surface area contributed by atoms with Crippen LogP contribution in [0.1, 0.15) is 17.3 Å². The van der Waals surface area contributed by atoms with Crippen LogP contribution in [0.25, 0.3) is 27.5 Å². The molecule has 0 saturated carbocycles. The van der Waals surface area contributed by atoms with Crippen LogP contribution >= 0.6 is 22.6 Å². The van der Waals surface area contributed by atoms with Gasteiger partial charge in [-0.25, -0.2) is 0 Å². The van der Waals surface area contributed by atoms with Gasteiger partial charge in [-0.3, -0.25) is 14.0 Å². The lowest BCUT2D eigenvalue weighted by Gasteiger charge is -2.01. The molecule has 0 aliphatic heterocycles. The molecule has 3 aromatic carbocycles. The smallest absolute Gasteiger partial charge is 0.266 e. The Morgan fingerprint density at radius 3 is 2.56 bits per heavy atom. The first-order valence-electron chi connectivity index (χ1n) is 9.97. The number of carbonyl (C=O) groups excluding carboxylic acids is 1. The Bertz CT molecular complexity index is 1630. The summed E-state index contributed by atoms with van der Waals surface area (Å²) < 4.78 is 2.65. The van der Waals surface area contributed by atoms with E-state index in [0.29, 0.717) is 28.0 Å². The lowest BCUT2D eigenvalue weighted by atomic mass is 10.1. The Morgan fingerprint density at radius 2 is 1.75 bits per heavy atom. The maximum atomic E-state index is 13.3. The molecule has 2 heterocycles. The number of rotatable bonds is 4. The first-order valence-corrected chi connectivity index (χ1v) is 11.0. The van der Waals surface area contributed by atoms with Gasteiger partial charge in [-0.2, -0.15) is 5.11 Å². The third kappa shape index (κ3) is 3.54. The predicted octanol–water partition coefficient (Wildman–Crippen LogP) is 6.41. The van der Waals surface area contributed by atoms with Crippen molar-refractivity contribution >= 4 is 61.5 Å². The standard InChI is InChI=1S/C25H17IN4O2/c1-15(13-22(31)16-7-3-2-4-8-16)28-29-23-19-14-17(26)11-12-21(19)30-24(23)27-20-10-6-5-9-18(20)25(30)32/h2-14,27H,1H3/b15-13-,29-28?. The summed E-state index contributed by atoms with van der Waals surface area (Å²) in [6.45, 7) is 1.73. The van der Waals surface area contributed by atoms with Gasteiger partial charge in [-0.1, -0.05) is 42.5 Å². The van der Waals surface area contributed by atoms with Crippen LogP contribution in [0.4, 0.5) is 5.69 Å². The van der Waals surface area contributed by atoms with Gasteiger partial charge >= 0.3 is 0 Å². The van der Waals surface area contributed by atoms with Crippen molar-refractivity contribution in [2.24, 2.45) is 10.2 Å². The van der Waals surface area contributed by atoms with Crippen molar-refractivity contribution < 1.29 is 4.79 Å². The van der Waals surface area contributed by atoms with Crippen molar-refractivity contribution in [2.75, 3.05) is 0 Å². The molecule has 0 aliphatic rings. The van der Waals surface area contributed by atoms with Crippen LogP contribution < -0.4 is 5.56 Å². The molecule has 0 bridgehead atoms. The second-order valence-electron chi connectivity index (χ2n) is 7.39. The summed E-state index contributed by atoms with van der Waals surface area (Å²) in [5.41, 5.74) is 3.55.